The molecule has 0 aliphatic rings. The van der Waals surface area contributed by atoms with Gasteiger partial charge in [-0.1, -0.05) is 34.9 Å². The fourth-order valence-corrected chi connectivity index (χ4v) is 3.80. The lowest BCUT2D eigenvalue weighted by Crippen LogP contribution is -1.82. The van der Waals surface area contributed by atoms with Crippen molar-refractivity contribution in [1.82, 2.24) is 15.2 Å². The Morgan fingerprint density at radius 1 is 1.32 bits per heavy atom. The summed E-state index contributed by atoms with van der Waals surface area (Å²) >= 11 is 4.74. The maximum atomic E-state index is 5.71. The highest BCUT2D eigenvalue weighted by molar-refractivity contribution is 8.02. The van der Waals surface area contributed by atoms with Crippen LogP contribution >= 0.6 is 34.9 Å². The molecular formula is C11H10N4OS3. The van der Waals surface area contributed by atoms with Gasteiger partial charge >= 0.3 is 0 Å². The van der Waals surface area contributed by atoms with E-state index in [-0.39, 0.29) is 0 Å². The molecule has 5 nitrogen and oxygen atoms in total. The van der Waals surface area contributed by atoms with E-state index < -0.39 is 0 Å². The van der Waals surface area contributed by atoms with Gasteiger partial charge in [-0.25, -0.2) is 4.98 Å². The SMILES string of the molecule is CSc1nnc(SCc2nc3cc(N)ccc3o2)s1. The second kappa shape index (κ2) is 5.40. The summed E-state index contributed by atoms with van der Waals surface area (Å²) in [7, 11) is 0. The number of hydrogen-bond donors (Lipinski definition) is 1. The summed E-state index contributed by atoms with van der Waals surface area (Å²) in [5, 5.41) is 8.14. The minimum absolute atomic E-state index is 0.637. The number of rotatable bonds is 4. The number of nitrogens with two attached hydrogens (primary N) is 1. The molecule has 19 heavy (non-hydrogen) atoms. The number of oxazole rings is 1. The Kier molecular flexibility index (Phi) is 3.63. The van der Waals surface area contributed by atoms with Crippen LogP contribution in [-0.2, 0) is 5.75 Å². The molecule has 0 unspecified atom stereocenters. The van der Waals surface area contributed by atoms with Crippen molar-refractivity contribution in [2.24, 2.45) is 0 Å². The van der Waals surface area contributed by atoms with E-state index in [0.29, 0.717) is 17.3 Å². The van der Waals surface area contributed by atoms with Crippen molar-refractivity contribution >= 4 is 51.6 Å². The number of nitrogens with zero attached hydrogens (tertiary/aromatic N) is 3. The molecule has 0 aliphatic carbocycles. The number of fused-ring (bicyclic) bond motifs is 1. The molecule has 3 rings (SSSR count). The number of anilines is 1. The van der Waals surface area contributed by atoms with Crippen LogP contribution in [0, 0.1) is 0 Å². The summed E-state index contributed by atoms with van der Waals surface area (Å²) < 4.78 is 7.53. The average Bonchev–Trinajstić information content (AvgIpc) is 3.01. The third kappa shape index (κ3) is 2.85. The standard InChI is InChI=1S/C11H10N4OS3/c1-17-10-14-15-11(19-10)18-5-9-13-7-4-6(12)2-3-8(7)16-9/h2-4H,5,12H2,1H3. The van der Waals surface area contributed by atoms with Crippen LogP contribution in [0.5, 0.6) is 0 Å². The average molecular weight is 310 g/mol. The van der Waals surface area contributed by atoms with Gasteiger partial charge in [-0.3, -0.25) is 0 Å². The van der Waals surface area contributed by atoms with Gasteiger partial charge in [0, 0.05) is 5.69 Å². The summed E-state index contributed by atoms with van der Waals surface area (Å²) in [5.41, 5.74) is 7.94. The van der Waals surface area contributed by atoms with Gasteiger partial charge in [-0.05, 0) is 24.5 Å². The van der Waals surface area contributed by atoms with Gasteiger partial charge in [-0.15, -0.1) is 10.2 Å². The number of nitrogen functional groups attached to an aromatic ring is 1. The van der Waals surface area contributed by atoms with E-state index in [1.807, 2.05) is 18.4 Å². The zero-order valence-corrected chi connectivity index (χ0v) is 12.4. The van der Waals surface area contributed by atoms with Crippen molar-refractivity contribution in [3.63, 3.8) is 0 Å². The molecule has 8 heteroatoms. The van der Waals surface area contributed by atoms with E-state index in [9.17, 15) is 0 Å². The van der Waals surface area contributed by atoms with E-state index >= 15 is 0 Å². The summed E-state index contributed by atoms with van der Waals surface area (Å²) in [6, 6.07) is 5.45. The molecule has 2 N–H and O–H groups in total. The van der Waals surface area contributed by atoms with Crippen molar-refractivity contribution in [2.45, 2.75) is 14.4 Å². The Morgan fingerprint density at radius 2 is 2.16 bits per heavy atom. The topological polar surface area (TPSA) is 77.8 Å². The van der Waals surface area contributed by atoms with Crippen LogP contribution in [0.15, 0.2) is 31.3 Å². The molecule has 1 aromatic carbocycles. The van der Waals surface area contributed by atoms with E-state index in [1.165, 1.54) is 0 Å². The Hall–Kier alpha value is -1.25. The van der Waals surface area contributed by atoms with Gasteiger partial charge in [0.15, 0.2) is 14.3 Å². The smallest absolute Gasteiger partial charge is 0.205 e. The molecule has 0 fully saturated rings. The molecule has 0 bridgehead atoms. The van der Waals surface area contributed by atoms with Crippen LogP contribution < -0.4 is 5.73 Å². The lowest BCUT2D eigenvalue weighted by molar-refractivity contribution is 0.556. The molecule has 0 amide bonds. The largest absolute Gasteiger partial charge is 0.440 e. The lowest BCUT2D eigenvalue weighted by Gasteiger charge is -1.90. The van der Waals surface area contributed by atoms with E-state index in [1.54, 1.807) is 40.9 Å². The van der Waals surface area contributed by atoms with Crippen LogP contribution in [0.3, 0.4) is 0 Å². The zero-order chi connectivity index (χ0) is 13.2. The molecule has 0 spiro atoms. The van der Waals surface area contributed by atoms with Crippen LogP contribution in [0.25, 0.3) is 11.1 Å². The first kappa shape index (κ1) is 12.8. The third-order valence-corrected chi connectivity index (χ3v) is 5.35. The van der Waals surface area contributed by atoms with Crippen molar-refractivity contribution < 1.29 is 4.42 Å². The molecular weight excluding hydrogens is 300 g/mol. The van der Waals surface area contributed by atoms with Crippen LogP contribution in [0.2, 0.25) is 0 Å². The van der Waals surface area contributed by atoms with E-state index in [0.717, 1.165) is 19.8 Å². The van der Waals surface area contributed by atoms with Crippen molar-refractivity contribution in [3.05, 3.63) is 24.1 Å². The molecule has 0 aliphatic heterocycles. The second-order valence-electron chi connectivity index (χ2n) is 3.66. The maximum absolute atomic E-state index is 5.71. The summed E-state index contributed by atoms with van der Waals surface area (Å²) in [4.78, 5) is 4.40. The van der Waals surface area contributed by atoms with Gasteiger partial charge in [-0.2, -0.15) is 0 Å². The predicted octanol–water partition coefficient (Wildman–Crippen LogP) is 3.28. The van der Waals surface area contributed by atoms with E-state index in [4.69, 9.17) is 10.2 Å². The molecule has 0 atom stereocenters. The maximum Gasteiger partial charge on any atom is 0.205 e. The second-order valence-corrected chi connectivity index (χ2v) is 6.91. The predicted molar refractivity (Wildman–Crippen MR) is 79.7 cm³/mol. The highest BCUT2D eigenvalue weighted by Gasteiger charge is 2.09. The van der Waals surface area contributed by atoms with Gasteiger partial charge in [0.2, 0.25) is 5.89 Å². The van der Waals surface area contributed by atoms with E-state index in [2.05, 4.69) is 15.2 Å². The monoisotopic (exact) mass is 310 g/mol. The first-order valence-electron chi connectivity index (χ1n) is 5.40. The Labute approximate surface area is 122 Å². The molecule has 2 aromatic heterocycles. The minimum atomic E-state index is 0.637. The Morgan fingerprint density at radius 3 is 2.95 bits per heavy atom. The summed E-state index contributed by atoms with van der Waals surface area (Å²) in [5.74, 6) is 1.31. The zero-order valence-electron chi connectivity index (χ0n) is 9.99. The van der Waals surface area contributed by atoms with Crippen molar-refractivity contribution in [3.8, 4) is 0 Å². The molecule has 0 saturated heterocycles. The number of hydrogen-bond acceptors (Lipinski definition) is 8. The first-order valence-corrected chi connectivity index (χ1v) is 8.42. The van der Waals surface area contributed by atoms with Crippen LogP contribution in [0.4, 0.5) is 5.69 Å². The molecule has 98 valence electrons. The number of benzene rings is 1. The fraction of sp³-hybridized carbons (Fsp3) is 0.182. The van der Waals surface area contributed by atoms with Crippen molar-refractivity contribution in [1.29, 1.82) is 0 Å². The molecule has 0 radical (unpaired) electrons. The summed E-state index contributed by atoms with van der Waals surface area (Å²) in [6.45, 7) is 0. The van der Waals surface area contributed by atoms with Crippen molar-refractivity contribution in [2.75, 3.05) is 12.0 Å². The fourth-order valence-electron chi connectivity index (χ4n) is 1.52. The quantitative estimate of drug-likeness (QED) is 0.585. The first-order chi connectivity index (χ1) is 9.24. The number of thioether (sulfide) groups is 2. The van der Waals surface area contributed by atoms with Crippen LogP contribution in [0.1, 0.15) is 5.89 Å². The minimum Gasteiger partial charge on any atom is -0.440 e. The molecule has 0 saturated carbocycles. The Balaban J connectivity index is 1.74. The van der Waals surface area contributed by atoms with Gasteiger partial charge < -0.3 is 10.2 Å². The van der Waals surface area contributed by atoms with Gasteiger partial charge in [0.1, 0.15) is 5.52 Å². The molecule has 3 aromatic rings. The normalized spacial score (nSPS) is 11.2. The number of aromatic nitrogens is 3. The highest BCUT2D eigenvalue weighted by Crippen LogP contribution is 2.30. The third-order valence-electron chi connectivity index (χ3n) is 2.34. The van der Waals surface area contributed by atoms with Gasteiger partial charge in [0.25, 0.3) is 0 Å². The molecule has 2 heterocycles. The summed E-state index contributed by atoms with van der Waals surface area (Å²) in [6.07, 6.45) is 1.99. The van der Waals surface area contributed by atoms with Gasteiger partial charge in [0.05, 0.1) is 5.75 Å². The highest BCUT2D eigenvalue weighted by atomic mass is 32.2. The van der Waals surface area contributed by atoms with Crippen LogP contribution in [-0.4, -0.2) is 21.4 Å². The Bertz CT molecular complexity index is 709. The lowest BCUT2D eigenvalue weighted by atomic mass is 10.3.